The van der Waals surface area contributed by atoms with Gasteiger partial charge in [0.15, 0.2) is 0 Å². The van der Waals surface area contributed by atoms with Crippen molar-refractivity contribution in [3.8, 4) is 5.75 Å². The van der Waals surface area contributed by atoms with Crippen LogP contribution in [0.1, 0.15) is 44.5 Å². The number of anilines is 3. The van der Waals surface area contributed by atoms with Crippen LogP contribution in [-0.4, -0.2) is 53.9 Å². The third-order valence-corrected chi connectivity index (χ3v) is 6.00. The highest BCUT2D eigenvalue weighted by Crippen LogP contribution is 2.42. The highest BCUT2D eigenvalue weighted by atomic mass is 35.5. The number of benzene rings is 1. The molecule has 10 heteroatoms. The molecule has 3 N–H and O–H groups in total. The number of fused-ring (bicyclic) bond motifs is 1. The number of nitrogens with one attached hydrogen (secondary N) is 1. The van der Waals surface area contributed by atoms with E-state index in [0.29, 0.717) is 36.3 Å². The molecule has 178 valence electrons. The third-order valence-electron chi connectivity index (χ3n) is 5.68. The first-order chi connectivity index (χ1) is 15.7. The van der Waals surface area contributed by atoms with Gasteiger partial charge in [-0.1, -0.05) is 11.6 Å². The number of hydrogen-bond acceptors (Lipinski definition) is 9. The smallest absolute Gasteiger partial charge is 0.352 e. The Labute approximate surface area is 198 Å². The van der Waals surface area contributed by atoms with Crippen LogP contribution in [0.15, 0.2) is 18.2 Å². The molecule has 2 aliphatic heterocycles. The van der Waals surface area contributed by atoms with Crippen LogP contribution in [-0.2, 0) is 14.3 Å². The number of ether oxygens (including phenoxy) is 3. The molecule has 9 nitrogen and oxygen atoms in total. The van der Waals surface area contributed by atoms with E-state index in [0.717, 1.165) is 23.4 Å². The maximum atomic E-state index is 12.7. The van der Waals surface area contributed by atoms with E-state index in [-0.39, 0.29) is 24.6 Å². The fourth-order valence-corrected chi connectivity index (χ4v) is 4.36. The molecule has 2 aliphatic rings. The minimum absolute atomic E-state index is 0.220. The Balaban J connectivity index is 1.70. The Morgan fingerprint density at radius 3 is 2.88 bits per heavy atom. The van der Waals surface area contributed by atoms with Crippen LogP contribution in [0.25, 0.3) is 0 Å². The van der Waals surface area contributed by atoms with Gasteiger partial charge in [-0.3, -0.25) is 0 Å². The minimum atomic E-state index is -1.15. The Bertz CT molecular complexity index is 1030. The van der Waals surface area contributed by atoms with Crippen molar-refractivity contribution in [2.75, 3.05) is 42.3 Å². The van der Waals surface area contributed by atoms with Gasteiger partial charge < -0.3 is 30.2 Å². The molecule has 2 atom stereocenters. The second-order valence-corrected chi connectivity index (χ2v) is 9.28. The summed E-state index contributed by atoms with van der Waals surface area (Å²) >= 11 is 6.74. The molecule has 0 bridgehead atoms. The Morgan fingerprint density at radius 2 is 2.15 bits per heavy atom. The Morgan fingerprint density at radius 1 is 1.36 bits per heavy atom. The lowest BCUT2D eigenvalue weighted by Gasteiger charge is -2.36. The summed E-state index contributed by atoms with van der Waals surface area (Å²) < 4.78 is 17.5. The molecule has 0 amide bonds. The fraction of sp³-hybridized carbons (Fsp3) is 0.522. The lowest BCUT2D eigenvalue weighted by Crippen LogP contribution is -2.51. The number of hydrogen-bond donors (Lipinski definition) is 2. The van der Waals surface area contributed by atoms with Gasteiger partial charge in [0.1, 0.15) is 11.6 Å². The maximum Gasteiger partial charge on any atom is 0.352 e. The van der Waals surface area contributed by atoms with Crippen molar-refractivity contribution in [3.05, 3.63) is 34.5 Å². The third kappa shape index (κ3) is 4.94. The van der Waals surface area contributed by atoms with Crippen molar-refractivity contribution in [3.63, 3.8) is 0 Å². The normalized spacial score (nSPS) is 22.7. The predicted molar refractivity (Wildman–Crippen MR) is 127 cm³/mol. The number of aryl methyl sites for hydroxylation is 1. The number of carbonyl (C=O) groups excluding carboxylic acids is 1. The molecule has 1 fully saturated rings. The van der Waals surface area contributed by atoms with E-state index in [9.17, 15) is 4.79 Å². The summed E-state index contributed by atoms with van der Waals surface area (Å²) in [6.07, 6.45) is 0.597. The molecule has 0 unspecified atom stereocenters. The molecule has 33 heavy (non-hydrogen) atoms. The van der Waals surface area contributed by atoms with E-state index in [4.69, 9.17) is 31.5 Å². The number of nitrogen functional groups attached to an aromatic ring is 1. The molecule has 2 aromatic rings. The van der Waals surface area contributed by atoms with Crippen LogP contribution >= 0.6 is 11.6 Å². The van der Waals surface area contributed by atoms with E-state index < -0.39 is 11.6 Å². The van der Waals surface area contributed by atoms with Crippen molar-refractivity contribution in [1.29, 1.82) is 0 Å². The topological polar surface area (TPSA) is 112 Å². The molecule has 1 aromatic carbocycles. The molecule has 3 heterocycles. The zero-order chi connectivity index (χ0) is 23.8. The Hall–Kier alpha value is -2.78. The highest BCUT2D eigenvalue weighted by Gasteiger charge is 2.42. The van der Waals surface area contributed by atoms with Crippen molar-refractivity contribution in [2.24, 2.45) is 0 Å². The van der Waals surface area contributed by atoms with Gasteiger partial charge in [-0.25, -0.2) is 9.78 Å². The average molecular weight is 476 g/mol. The SMILES string of the molecule is Cc1cc(N2CCCOC[C@H]2c2cc3c(cc2Cl)NC[C@@](C)(C(=O)OC(C)C)O3)nc(N)n1. The summed E-state index contributed by atoms with van der Waals surface area (Å²) in [5.41, 5.74) is 7.09. The van der Waals surface area contributed by atoms with E-state index in [1.54, 1.807) is 6.92 Å². The second-order valence-electron chi connectivity index (χ2n) is 8.87. The number of carbonyl (C=O) groups is 1. The summed E-state index contributed by atoms with van der Waals surface area (Å²) in [5.74, 6) is 1.05. The van der Waals surface area contributed by atoms with Crippen LogP contribution in [0.2, 0.25) is 5.02 Å². The first-order valence-corrected chi connectivity index (χ1v) is 11.5. The van der Waals surface area contributed by atoms with E-state index in [1.165, 1.54) is 0 Å². The summed E-state index contributed by atoms with van der Waals surface area (Å²) in [5, 5.41) is 3.82. The van der Waals surface area contributed by atoms with Crippen LogP contribution < -0.4 is 20.7 Å². The largest absolute Gasteiger partial charge is 0.472 e. The summed E-state index contributed by atoms with van der Waals surface area (Å²) in [4.78, 5) is 23.4. The number of rotatable bonds is 4. The van der Waals surface area contributed by atoms with Crippen LogP contribution in [0, 0.1) is 6.92 Å². The highest BCUT2D eigenvalue weighted by molar-refractivity contribution is 6.31. The first kappa shape index (κ1) is 23.4. The monoisotopic (exact) mass is 475 g/mol. The van der Waals surface area contributed by atoms with Gasteiger partial charge in [0, 0.05) is 29.9 Å². The minimum Gasteiger partial charge on any atom is -0.472 e. The van der Waals surface area contributed by atoms with Gasteiger partial charge in [-0.05, 0) is 51.8 Å². The average Bonchev–Trinajstić information content (AvgIpc) is 2.98. The molecular formula is C23H30ClN5O4. The molecule has 1 saturated heterocycles. The van der Waals surface area contributed by atoms with Gasteiger partial charge in [0.2, 0.25) is 11.5 Å². The zero-order valence-electron chi connectivity index (χ0n) is 19.4. The Kier molecular flexibility index (Phi) is 6.54. The number of esters is 1. The maximum absolute atomic E-state index is 12.7. The zero-order valence-corrected chi connectivity index (χ0v) is 20.1. The number of nitrogens with two attached hydrogens (primary N) is 1. The molecule has 1 aromatic heterocycles. The molecule has 0 aliphatic carbocycles. The van der Waals surface area contributed by atoms with Crippen molar-refractivity contribution in [2.45, 2.75) is 51.9 Å². The molecule has 0 spiro atoms. The lowest BCUT2D eigenvalue weighted by atomic mass is 10.0. The molecule has 0 saturated carbocycles. The fourth-order valence-electron chi connectivity index (χ4n) is 4.07. The van der Waals surface area contributed by atoms with Gasteiger partial charge in [-0.2, -0.15) is 4.98 Å². The standard InChI is InChI=1S/C23H30ClN5O4/c1-13(2)32-21(30)23(4)12-26-17-10-16(24)15(9-19(17)33-23)18-11-31-7-5-6-29(18)20-8-14(3)27-22(25)28-20/h8-10,13,18,26H,5-7,11-12H2,1-4H3,(H2,25,27,28)/t18-,23-/m0/s1. The number of halogens is 1. The second kappa shape index (κ2) is 9.23. The molecule has 4 rings (SSSR count). The van der Waals surface area contributed by atoms with Gasteiger partial charge >= 0.3 is 5.97 Å². The summed E-state index contributed by atoms with van der Waals surface area (Å²) in [6.45, 7) is 9.26. The van der Waals surface area contributed by atoms with Crippen LogP contribution in [0.4, 0.5) is 17.5 Å². The van der Waals surface area contributed by atoms with E-state index >= 15 is 0 Å². The van der Waals surface area contributed by atoms with Gasteiger partial charge in [0.25, 0.3) is 0 Å². The van der Waals surface area contributed by atoms with Gasteiger partial charge in [-0.15, -0.1) is 0 Å². The molecule has 0 radical (unpaired) electrons. The van der Waals surface area contributed by atoms with Crippen molar-refractivity contribution < 1.29 is 19.0 Å². The molecular weight excluding hydrogens is 446 g/mol. The van der Waals surface area contributed by atoms with Crippen LogP contribution in [0.5, 0.6) is 5.75 Å². The van der Waals surface area contributed by atoms with Crippen molar-refractivity contribution >= 4 is 35.0 Å². The van der Waals surface area contributed by atoms with E-state index in [2.05, 4.69) is 20.2 Å². The van der Waals surface area contributed by atoms with Crippen LogP contribution in [0.3, 0.4) is 0 Å². The quantitative estimate of drug-likeness (QED) is 0.641. The lowest BCUT2D eigenvalue weighted by molar-refractivity contribution is -0.164. The predicted octanol–water partition coefficient (Wildman–Crippen LogP) is 3.50. The summed E-state index contributed by atoms with van der Waals surface area (Å²) in [6, 6.07) is 5.37. The summed E-state index contributed by atoms with van der Waals surface area (Å²) in [7, 11) is 0. The van der Waals surface area contributed by atoms with Crippen molar-refractivity contribution in [1.82, 2.24) is 9.97 Å². The number of aromatic nitrogens is 2. The first-order valence-electron chi connectivity index (χ1n) is 11.1. The van der Waals surface area contributed by atoms with E-state index in [1.807, 2.05) is 39.0 Å². The van der Waals surface area contributed by atoms with Gasteiger partial charge in [0.05, 0.1) is 31.0 Å². The number of nitrogens with zero attached hydrogens (tertiary/aromatic N) is 3.